The van der Waals surface area contributed by atoms with E-state index in [1.165, 1.54) is 88.1 Å². The second kappa shape index (κ2) is 17.3. The summed E-state index contributed by atoms with van der Waals surface area (Å²) in [7, 11) is 0. The molecule has 0 saturated heterocycles. The van der Waals surface area contributed by atoms with Crippen LogP contribution in [-0.4, -0.2) is 14.8 Å². The van der Waals surface area contributed by atoms with Crippen LogP contribution in [0.15, 0.2) is 247 Å². The van der Waals surface area contributed by atoms with Gasteiger partial charge in [-0.1, -0.05) is 146 Å². The van der Waals surface area contributed by atoms with Gasteiger partial charge in [-0.25, -0.2) is 4.99 Å². The van der Waals surface area contributed by atoms with Crippen LogP contribution < -0.4 is 0 Å². The highest BCUT2D eigenvalue weighted by Crippen LogP contribution is 2.42. The highest BCUT2D eigenvalue weighted by molar-refractivity contribution is 6.15. The molecule has 0 unspecified atom stereocenters. The lowest BCUT2D eigenvalue weighted by atomic mass is 9.88. The minimum Gasteiger partial charge on any atom is -0.309 e. The van der Waals surface area contributed by atoms with E-state index in [0.29, 0.717) is 0 Å². The third-order valence-corrected chi connectivity index (χ3v) is 14.2. The topological polar surface area (TPSA) is 22.2 Å². The maximum absolute atomic E-state index is 5.27. The number of fused-ring (bicyclic) bond motifs is 6. The van der Waals surface area contributed by atoms with Gasteiger partial charge < -0.3 is 9.13 Å². The van der Waals surface area contributed by atoms with Gasteiger partial charge in [-0.15, -0.1) is 0 Å². The molecule has 0 spiro atoms. The zero-order valence-corrected chi connectivity index (χ0v) is 39.2. The van der Waals surface area contributed by atoms with Crippen LogP contribution >= 0.6 is 0 Å². The van der Waals surface area contributed by atoms with Crippen LogP contribution in [0, 0.1) is 13.8 Å². The zero-order valence-electron chi connectivity index (χ0n) is 39.2. The van der Waals surface area contributed by atoms with Gasteiger partial charge in [-0.3, -0.25) is 0 Å². The fourth-order valence-electron chi connectivity index (χ4n) is 10.7. The lowest BCUT2D eigenvalue weighted by Crippen LogP contribution is -2.05. The van der Waals surface area contributed by atoms with Gasteiger partial charge in [-0.2, -0.15) is 0 Å². The van der Waals surface area contributed by atoms with E-state index in [0.717, 1.165) is 57.9 Å². The van der Waals surface area contributed by atoms with Gasteiger partial charge in [-0.05, 0) is 168 Å². The van der Waals surface area contributed by atoms with Crippen LogP contribution in [0.4, 0.5) is 0 Å². The maximum atomic E-state index is 5.27. The van der Waals surface area contributed by atoms with Crippen LogP contribution in [0.25, 0.3) is 94.1 Å². The maximum Gasteiger partial charge on any atom is 0.0712 e. The number of rotatable bonds is 8. The van der Waals surface area contributed by atoms with Crippen molar-refractivity contribution < 1.29 is 0 Å². The highest BCUT2D eigenvalue weighted by atomic mass is 15.0. The number of allylic oxidation sites excluding steroid dienone is 10. The molecule has 2 aromatic heterocycles. The molecule has 0 fully saturated rings. The van der Waals surface area contributed by atoms with E-state index in [9.17, 15) is 0 Å². The van der Waals surface area contributed by atoms with Gasteiger partial charge >= 0.3 is 0 Å². The van der Waals surface area contributed by atoms with Crippen LogP contribution in [-0.2, 0) is 0 Å². The van der Waals surface area contributed by atoms with Gasteiger partial charge in [0.05, 0.1) is 33.5 Å². The molecule has 0 N–H and O–H groups in total. The summed E-state index contributed by atoms with van der Waals surface area (Å²) < 4.78 is 4.79. The Balaban J connectivity index is 0.972. The van der Waals surface area contributed by atoms with Crippen LogP contribution in [0.3, 0.4) is 0 Å². The third kappa shape index (κ3) is 7.35. The number of hydrogen-bond donors (Lipinski definition) is 0. The van der Waals surface area contributed by atoms with Gasteiger partial charge in [0.2, 0.25) is 0 Å². The molecule has 0 saturated carbocycles. The molecule has 330 valence electrons. The molecule has 2 aliphatic rings. The first-order valence-electron chi connectivity index (χ1n) is 24.0. The summed E-state index contributed by atoms with van der Waals surface area (Å²) >= 11 is 0. The number of aromatic nitrogens is 2. The average Bonchev–Trinajstić information content (AvgIpc) is 3.91. The normalized spacial score (nSPS) is 14.9. The van der Waals surface area contributed by atoms with E-state index in [1.807, 2.05) is 0 Å². The molecule has 3 heteroatoms. The summed E-state index contributed by atoms with van der Waals surface area (Å²) in [5, 5.41) is 4.92. The minimum absolute atomic E-state index is 0.749. The number of aryl methyl sites for hydroxylation is 2. The summed E-state index contributed by atoms with van der Waals surface area (Å²) in [5.74, 6) is 0. The molecule has 69 heavy (non-hydrogen) atoms. The van der Waals surface area contributed by atoms with E-state index in [-0.39, 0.29) is 0 Å². The minimum atomic E-state index is 0.749. The fourth-order valence-corrected chi connectivity index (χ4v) is 10.7. The number of nitrogens with zero attached hydrogens (tertiary/aromatic N) is 3. The van der Waals surface area contributed by atoms with Crippen molar-refractivity contribution in [2.24, 2.45) is 4.99 Å². The molecule has 12 rings (SSSR count). The first-order valence-corrected chi connectivity index (χ1v) is 24.0. The molecule has 2 heterocycles. The first kappa shape index (κ1) is 41.9. The molecule has 8 aromatic carbocycles. The molecular formula is C66H51N3. The van der Waals surface area contributed by atoms with Crippen molar-refractivity contribution in [1.29, 1.82) is 0 Å². The lowest BCUT2D eigenvalue weighted by Gasteiger charge is -2.18. The molecule has 0 amide bonds. The zero-order chi connectivity index (χ0) is 46.6. The summed E-state index contributed by atoms with van der Waals surface area (Å²) in [4.78, 5) is 5.27. The van der Waals surface area contributed by atoms with Crippen molar-refractivity contribution in [2.45, 2.75) is 33.6 Å². The molecule has 0 atom stereocenters. The SMILES string of the molecule is C=C(N=C1C=CC=C/C1=C(/C)C1=CCCC=C1)c1cccc(C)c1-c1cc(-c2ccc3c(c2)c2cc(-c4ccc5c(c4)c4ccccc4n5-c4ccccc4)ccc2n3-c2ccccc2)ccc1C. The predicted molar refractivity (Wildman–Crippen MR) is 295 cm³/mol. The quantitative estimate of drug-likeness (QED) is 0.145. The van der Waals surface area contributed by atoms with Gasteiger partial charge in [0.15, 0.2) is 0 Å². The van der Waals surface area contributed by atoms with Crippen molar-refractivity contribution in [3.05, 3.63) is 258 Å². The van der Waals surface area contributed by atoms with Crippen molar-refractivity contribution in [1.82, 2.24) is 9.13 Å². The van der Waals surface area contributed by atoms with E-state index < -0.39 is 0 Å². The van der Waals surface area contributed by atoms with Crippen LogP contribution in [0.1, 0.15) is 36.5 Å². The van der Waals surface area contributed by atoms with Crippen LogP contribution in [0.2, 0.25) is 0 Å². The standard InChI is InChI=1S/C66H51N3/c1-43-31-32-48(39-57(43)66-44(2)19-18-28-55(66)46(4)67-61-29-16-14-26-54(61)45(3)47-20-8-5-9-21-47)50-34-37-64-59(41-50)60-42-51(35-38-65(60)69(64)53-24-12-7-13-25-53)49-33-36-63-58(40-49)56-27-15-17-30-62(56)68(63)52-22-10-6-11-23-52/h6-8,10-42H,4-5,9H2,1-3H3/b54-45+,67-61?. The number of hydrogen-bond acceptors (Lipinski definition) is 1. The Labute approximate surface area is 404 Å². The van der Waals surface area contributed by atoms with Crippen molar-refractivity contribution in [3.8, 4) is 44.8 Å². The highest BCUT2D eigenvalue weighted by Gasteiger charge is 2.20. The Hall–Kier alpha value is -8.53. The average molecular weight is 886 g/mol. The van der Waals surface area contributed by atoms with Gasteiger partial charge in [0.25, 0.3) is 0 Å². The van der Waals surface area contributed by atoms with Gasteiger partial charge in [0, 0.05) is 44.1 Å². The summed E-state index contributed by atoms with van der Waals surface area (Å²) in [6.45, 7) is 11.2. The first-order chi connectivity index (χ1) is 33.9. The summed E-state index contributed by atoms with van der Waals surface area (Å²) in [6, 6.07) is 64.5. The molecule has 2 aliphatic carbocycles. The van der Waals surface area contributed by atoms with E-state index in [1.54, 1.807) is 0 Å². The van der Waals surface area contributed by atoms with E-state index in [4.69, 9.17) is 4.99 Å². The molecule has 0 radical (unpaired) electrons. The monoisotopic (exact) mass is 885 g/mol. The summed E-state index contributed by atoms with van der Waals surface area (Å²) in [6.07, 6.45) is 17.4. The Kier molecular flexibility index (Phi) is 10.5. The fraction of sp³-hybridized carbons (Fsp3) is 0.0758. The number of para-hydroxylation sites is 3. The molecular weight excluding hydrogens is 835 g/mol. The number of benzene rings is 8. The number of aliphatic imine (C=N–C) groups is 1. The van der Waals surface area contributed by atoms with E-state index in [2.05, 4.69) is 255 Å². The third-order valence-electron chi connectivity index (χ3n) is 14.2. The lowest BCUT2D eigenvalue weighted by molar-refractivity contribution is 1.02. The second-order valence-corrected chi connectivity index (χ2v) is 18.4. The molecule has 0 aliphatic heterocycles. The second-order valence-electron chi connectivity index (χ2n) is 18.4. The molecule has 0 bridgehead atoms. The predicted octanol–water partition coefficient (Wildman–Crippen LogP) is 17.6. The summed E-state index contributed by atoms with van der Waals surface area (Å²) in [5.41, 5.74) is 22.9. The Morgan fingerprint density at radius 2 is 1.04 bits per heavy atom. The largest absolute Gasteiger partial charge is 0.309 e. The van der Waals surface area contributed by atoms with Crippen molar-refractivity contribution in [3.63, 3.8) is 0 Å². The Bertz CT molecular complexity index is 3910. The van der Waals surface area contributed by atoms with E-state index >= 15 is 0 Å². The molecule has 10 aromatic rings. The van der Waals surface area contributed by atoms with Crippen molar-refractivity contribution in [2.75, 3.05) is 0 Å². The van der Waals surface area contributed by atoms with Crippen molar-refractivity contribution >= 4 is 55.0 Å². The smallest absolute Gasteiger partial charge is 0.0712 e. The molecule has 3 nitrogen and oxygen atoms in total. The Morgan fingerprint density at radius 1 is 0.493 bits per heavy atom. The Morgan fingerprint density at radius 3 is 1.67 bits per heavy atom. The van der Waals surface area contributed by atoms with Crippen LogP contribution in [0.5, 0.6) is 0 Å². The van der Waals surface area contributed by atoms with Gasteiger partial charge in [0.1, 0.15) is 0 Å².